The molecule has 0 aromatic heterocycles. The van der Waals surface area contributed by atoms with Crippen molar-refractivity contribution in [3.63, 3.8) is 0 Å². The highest BCUT2D eigenvalue weighted by molar-refractivity contribution is 6.33. The van der Waals surface area contributed by atoms with Gasteiger partial charge in [-0.05, 0) is 13.0 Å². The van der Waals surface area contributed by atoms with Crippen molar-refractivity contribution in [3.05, 3.63) is 27.3 Å². The van der Waals surface area contributed by atoms with Gasteiger partial charge in [0, 0.05) is 6.07 Å². The van der Waals surface area contributed by atoms with Gasteiger partial charge >= 0.3 is 0 Å². The van der Waals surface area contributed by atoms with E-state index in [0.717, 1.165) is 5.69 Å². The third-order valence-electron chi connectivity index (χ3n) is 2.03. The van der Waals surface area contributed by atoms with Gasteiger partial charge in [0.05, 0.1) is 22.5 Å². The Morgan fingerprint density at radius 2 is 2.00 bits per heavy atom. The molecule has 0 bridgehead atoms. The molecule has 14 heavy (non-hydrogen) atoms. The van der Waals surface area contributed by atoms with Gasteiger partial charge in [0.15, 0.2) is 0 Å². The Morgan fingerprint density at radius 1 is 1.43 bits per heavy atom. The highest BCUT2D eigenvalue weighted by atomic mass is 35.5. The molecule has 2 rings (SSSR count). The van der Waals surface area contributed by atoms with E-state index in [9.17, 15) is 10.1 Å². The molecular formula is C8H8ClN3O2. The van der Waals surface area contributed by atoms with Crippen molar-refractivity contribution in [1.82, 2.24) is 0 Å². The quantitative estimate of drug-likeness (QED) is 0.555. The van der Waals surface area contributed by atoms with Crippen LogP contribution in [0.4, 0.5) is 17.1 Å². The van der Waals surface area contributed by atoms with E-state index in [1.54, 1.807) is 6.07 Å². The van der Waals surface area contributed by atoms with Gasteiger partial charge in [-0.1, -0.05) is 11.6 Å². The molecule has 0 fully saturated rings. The number of anilines is 2. The van der Waals surface area contributed by atoms with Gasteiger partial charge in [0.1, 0.15) is 5.02 Å². The second-order valence-corrected chi connectivity index (χ2v) is 3.52. The van der Waals surface area contributed by atoms with Gasteiger partial charge in [-0.15, -0.1) is 0 Å². The second-order valence-electron chi connectivity index (χ2n) is 3.12. The SMILES string of the molecule is CC1Nc2cc(Cl)c([N+](=O)[O-])cc2N1. The van der Waals surface area contributed by atoms with Crippen molar-refractivity contribution in [3.8, 4) is 0 Å². The Bertz CT molecular complexity index is 408. The van der Waals surface area contributed by atoms with Crippen molar-refractivity contribution in [2.45, 2.75) is 13.1 Å². The molecular weight excluding hydrogens is 206 g/mol. The molecule has 5 nitrogen and oxygen atoms in total. The van der Waals surface area contributed by atoms with E-state index in [-0.39, 0.29) is 16.9 Å². The Morgan fingerprint density at radius 3 is 2.57 bits per heavy atom. The monoisotopic (exact) mass is 213 g/mol. The van der Waals surface area contributed by atoms with Crippen LogP contribution in [0, 0.1) is 10.1 Å². The van der Waals surface area contributed by atoms with Gasteiger partial charge in [0.2, 0.25) is 0 Å². The third kappa shape index (κ3) is 1.35. The molecule has 0 saturated heterocycles. The summed E-state index contributed by atoms with van der Waals surface area (Å²) in [7, 11) is 0. The number of fused-ring (bicyclic) bond motifs is 1. The molecule has 1 aliphatic heterocycles. The molecule has 2 N–H and O–H groups in total. The lowest BCUT2D eigenvalue weighted by atomic mass is 10.2. The molecule has 1 atom stereocenters. The topological polar surface area (TPSA) is 67.2 Å². The number of nitrogens with zero attached hydrogens (tertiary/aromatic N) is 1. The van der Waals surface area contributed by atoms with E-state index < -0.39 is 4.92 Å². The minimum Gasteiger partial charge on any atom is -0.364 e. The first kappa shape index (κ1) is 9.08. The number of nitro benzene ring substituents is 1. The molecule has 0 spiro atoms. The lowest BCUT2D eigenvalue weighted by Crippen LogP contribution is -2.16. The largest absolute Gasteiger partial charge is 0.364 e. The molecule has 1 aliphatic rings. The van der Waals surface area contributed by atoms with E-state index in [1.807, 2.05) is 6.92 Å². The first-order chi connectivity index (χ1) is 6.58. The van der Waals surface area contributed by atoms with Crippen molar-refractivity contribution in [2.24, 2.45) is 0 Å². The lowest BCUT2D eigenvalue weighted by molar-refractivity contribution is -0.384. The van der Waals surface area contributed by atoms with Crippen LogP contribution < -0.4 is 10.6 Å². The minimum absolute atomic E-state index is 0.0723. The summed E-state index contributed by atoms with van der Waals surface area (Å²) in [6.45, 7) is 1.92. The maximum Gasteiger partial charge on any atom is 0.290 e. The van der Waals surface area contributed by atoms with E-state index in [2.05, 4.69) is 10.6 Å². The van der Waals surface area contributed by atoms with Gasteiger partial charge in [-0.25, -0.2) is 0 Å². The lowest BCUT2D eigenvalue weighted by Gasteiger charge is -2.01. The first-order valence-corrected chi connectivity index (χ1v) is 4.47. The number of rotatable bonds is 1. The van der Waals surface area contributed by atoms with Gasteiger partial charge in [0.25, 0.3) is 5.69 Å². The Labute approximate surface area is 85.2 Å². The van der Waals surface area contributed by atoms with E-state index in [1.165, 1.54) is 6.07 Å². The van der Waals surface area contributed by atoms with Crippen LogP contribution in [0.5, 0.6) is 0 Å². The summed E-state index contributed by atoms with van der Waals surface area (Å²) in [5.41, 5.74) is 1.44. The van der Waals surface area contributed by atoms with Crippen LogP contribution in [-0.4, -0.2) is 11.1 Å². The van der Waals surface area contributed by atoms with Crippen LogP contribution in [-0.2, 0) is 0 Å². The Hall–Kier alpha value is -1.49. The Kier molecular flexibility index (Phi) is 1.96. The number of halogens is 1. The zero-order valence-electron chi connectivity index (χ0n) is 7.37. The summed E-state index contributed by atoms with van der Waals surface area (Å²) in [5, 5.41) is 16.9. The molecule has 6 heteroatoms. The zero-order valence-corrected chi connectivity index (χ0v) is 8.13. The highest BCUT2D eigenvalue weighted by Gasteiger charge is 2.22. The third-order valence-corrected chi connectivity index (χ3v) is 2.33. The normalized spacial score (nSPS) is 18.3. The maximum absolute atomic E-state index is 10.6. The van der Waals surface area contributed by atoms with E-state index >= 15 is 0 Å². The molecule has 0 aliphatic carbocycles. The number of nitrogens with one attached hydrogen (secondary N) is 2. The zero-order chi connectivity index (χ0) is 10.3. The predicted octanol–water partition coefficient (Wildman–Crippen LogP) is 2.43. The van der Waals surface area contributed by atoms with Crippen molar-refractivity contribution < 1.29 is 4.92 Å². The van der Waals surface area contributed by atoms with Crippen molar-refractivity contribution in [2.75, 3.05) is 10.6 Å². The van der Waals surface area contributed by atoms with Gasteiger partial charge < -0.3 is 10.6 Å². The summed E-state index contributed by atoms with van der Waals surface area (Å²) < 4.78 is 0. The first-order valence-electron chi connectivity index (χ1n) is 4.09. The van der Waals surface area contributed by atoms with E-state index in [4.69, 9.17) is 11.6 Å². The van der Waals surface area contributed by atoms with Crippen molar-refractivity contribution in [1.29, 1.82) is 0 Å². The van der Waals surface area contributed by atoms with Crippen LogP contribution in [0.2, 0.25) is 5.02 Å². The number of benzene rings is 1. The number of hydrogen-bond donors (Lipinski definition) is 2. The fourth-order valence-corrected chi connectivity index (χ4v) is 1.68. The van der Waals surface area contributed by atoms with Crippen LogP contribution in [0.25, 0.3) is 0 Å². The predicted molar refractivity (Wildman–Crippen MR) is 54.8 cm³/mol. The highest BCUT2D eigenvalue weighted by Crippen LogP contribution is 2.37. The molecule has 1 unspecified atom stereocenters. The van der Waals surface area contributed by atoms with Crippen LogP contribution in [0.15, 0.2) is 12.1 Å². The molecule has 0 radical (unpaired) electrons. The average molecular weight is 214 g/mol. The molecule has 0 saturated carbocycles. The number of nitro groups is 1. The smallest absolute Gasteiger partial charge is 0.290 e. The summed E-state index contributed by atoms with van der Waals surface area (Å²) in [6.07, 6.45) is 0.0723. The fourth-order valence-electron chi connectivity index (χ4n) is 1.44. The summed E-state index contributed by atoms with van der Waals surface area (Å²) >= 11 is 5.74. The van der Waals surface area contributed by atoms with Crippen LogP contribution in [0.3, 0.4) is 0 Å². The molecule has 1 aromatic carbocycles. The number of hydrogen-bond acceptors (Lipinski definition) is 4. The fraction of sp³-hybridized carbons (Fsp3) is 0.250. The van der Waals surface area contributed by atoms with Crippen molar-refractivity contribution >= 4 is 28.7 Å². The summed E-state index contributed by atoms with van der Waals surface area (Å²) in [4.78, 5) is 10.1. The molecule has 1 heterocycles. The molecule has 1 aromatic rings. The molecule has 74 valence electrons. The van der Waals surface area contributed by atoms with Crippen LogP contribution in [0.1, 0.15) is 6.92 Å². The molecule has 0 amide bonds. The van der Waals surface area contributed by atoms with Gasteiger partial charge in [-0.3, -0.25) is 10.1 Å². The summed E-state index contributed by atoms with van der Waals surface area (Å²) in [6, 6.07) is 3.00. The summed E-state index contributed by atoms with van der Waals surface area (Å²) in [5.74, 6) is 0. The van der Waals surface area contributed by atoms with Gasteiger partial charge in [-0.2, -0.15) is 0 Å². The van der Waals surface area contributed by atoms with Crippen LogP contribution >= 0.6 is 11.6 Å². The average Bonchev–Trinajstić information content (AvgIpc) is 2.42. The minimum atomic E-state index is -0.493. The second kappa shape index (κ2) is 3.02. The Balaban J connectivity index is 2.50. The van der Waals surface area contributed by atoms with E-state index in [0.29, 0.717) is 5.69 Å². The maximum atomic E-state index is 10.6. The standard InChI is InChI=1S/C8H8ClN3O2/c1-4-10-6-2-5(9)8(12(13)14)3-7(6)11-4/h2-4,10-11H,1H3.